The fourth-order valence-electron chi connectivity index (χ4n) is 1.79. The van der Waals surface area contributed by atoms with E-state index < -0.39 is 16.1 Å². The third-order valence-corrected chi connectivity index (χ3v) is 3.28. The molecule has 1 fully saturated rings. The van der Waals surface area contributed by atoms with E-state index in [9.17, 15) is 13.2 Å². The third kappa shape index (κ3) is 5.88. The highest BCUT2D eigenvalue weighted by Crippen LogP contribution is 2.15. The Morgan fingerprint density at radius 3 is 2.43 bits per heavy atom. The average molecular weight is 336 g/mol. The Morgan fingerprint density at radius 2 is 1.90 bits per heavy atom. The van der Waals surface area contributed by atoms with E-state index >= 15 is 0 Å². The van der Waals surface area contributed by atoms with Crippen LogP contribution in [0.2, 0.25) is 0 Å². The molecule has 1 atom stereocenters. The quantitative estimate of drug-likeness (QED) is 0.740. The molecular weight excluding hydrogens is 318 g/mol. The van der Waals surface area contributed by atoms with Gasteiger partial charge in [-0.2, -0.15) is 0 Å². The van der Waals surface area contributed by atoms with E-state index in [4.69, 9.17) is 4.74 Å². The summed E-state index contributed by atoms with van der Waals surface area (Å²) >= 11 is 0. The van der Waals surface area contributed by atoms with E-state index in [0.717, 1.165) is 12.8 Å². The highest BCUT2D eigenvalue weighted by atomic mass is 35.5. The summed E-state index contributed by atoms with van der Waals surface area (Å²) < 4.78 is 29.8. The van der Waals surface area contributed by atoms with E-state index in [1.807, 2.05) is 0 Å². The molecule has 9 heteroatoms. The molecule has 0 radical (unpaired) electrons. The normalized spacial score (nSPS) is 18.4. The van der Waals surface area contributed by atoms with Gasteiger partial charge in [0, 0.05) is 24.5 Å². The number of amides is 1. The number of hydrogen-bond donors (Lipinski definition) is 3. The summed E-state index contributed by atoms with van der Waals surface area (Å²) in [4.78, 5) is 11.9. The summed E-state index contributed by atoms with van der Waals surface area (Å²) in [6.45, 7) is 1.74. The van der Waals surface area contributed by atoms with Crippen molar-refractivity contribution in [2.45, 2.75) is 6.10 Å². The predicted octanol–water partition coefficient (Wildman–Crippen LogP) is 0.407. The SMILES string of the molecule is CS(=O)(=O)Nc1ccc(NC(=O)C2CNCCO2)cc1.Cl. The summed E-state index contributed by atoms with van der Waals surface area (Å²) in [6, 6.07) is 6.41. The second-order valence-electron chi connectivity index (χ2n) is 4.50. The van der Waals surface area contributed by atoms with E-state index in [0.29, 0.717) is 24.5 Å². The average Bonchev–Trinajstić information content (AvgIpc) is 2.40. The number of sulfonamides is 1. The van der Waals surface area contributed by atoms with Crippen molar-refractivity contribution in [1.29, 1.82) is 0 Å². The maximum absolute atomic E-state index is 11.9. The van der Waals surface area contributed by atoms with Gasteiger partial charge in [-0.3, -0.25) is 9.52 Å². The minimum Gasteiger partial charge on any atom is -0.366 e. The van der Waals surface area contributed by atoms with Crippen molar-refractivity contribution in [3.8, 4) is 0 Å². The molecule has 1 aliphatic rings. The Morgan fingerprint density at radius 1 is 1.29 bits per heavy atom. The molecule has 0 aliphatic carbocycles. The van der Waals surface area contributed by atoms with Crippen LogP contribution in [0.1, 0.15) is 0 Å². The van der Waals surface area contributed by atoms with Gasteiger partial charge in [0.15, 0.2) is 0 Å². The van der Waals surface area contributed by atoms with Crippen molar-refractivity contribution in [1.82, 2.24) is 5.32 Å². The van der Waals surface area contributed by atoms with Crippen molar-refractivity contribution in [2.75, 3.05) is 36.0 Å². The molecule has 1 heterocycles. The molecule has 1 saturated heterocycles. The second kappa shape index (κ2) is 7.60. The van der Waals surface area contributed by atoms with E-state index in [1.165, 1.54) is 0 Å². The monoisotopic (exact) mass is 335 g/mol. The molecule has 1 unspecified atom stereocenters. The number of carbonyl (C=O) groups excluding carboxylic acids is 1. The number of nitrogens with one attached hydrogen (secondary N) is 3. The largest absolute Gasteiger partial charge is 0.366 e. The fraction of sp³-hybridized carbons (Fsp3) is 0.417. The van der Waals surface area contributed by atoms with Crippen LogP contribution in [0.15, 0.2) is 24.3 Å². The number of anilines is 2. The van der Waals surface area contributed by atoms with Crippen LogP contribution in [-0.2, 0) is 19.6 Å². The number of halogens is 1. The van der Waals surface area contributed by atoms with Crippen molar-refractivity contribution in [3.63, 3.8) is 0 Å². The number of hydrogen-bond acceptors (Lipinski definition) is 5. The highest BCUT2D eigenvalue weighted by Gasteiger charge is 2.21. The van der Waals surface area contributed by atoms with E-state index in [2.05, 4.69) is 15.4 Å². The molecule has 0 spiro atoms. The number of carbonyl (C=O) groups is 1. The maximum Gasteiger partial charge on any atom is 0.254 e. The Hall–Kier alpha value is -1.35. The van der Waals surface area contributed by atoms with Gasteiger partial charge in [-0.05, 0) is 24.3 Å². The summed E-state index contributed by atoms with van der Waals surface area (Å²) in [7, 11) is -3.30. The van der Waals surface area contributed by atoms with Crippen LogP contribution in [-0.4, -0.2) is 46.4 Å². The summed E-state index contributed by atoms with van der Waals surface area (Å²) in [5.74, 6) is -0.221. The molecular formula is C12H18ClN3O4S. The van der Waals surface area contributed by atoms with Gasteiger partial charge in [-0.25, -0.2) is 8.42 Å². The molecule has 1 amide bonds. The van der Waals surface area contributed by atoms with Gasteiger partial charge in [-0.15, -0.1) is 12.4 Å². The molecule has 0 aromatic heterocycles. The Kier molecular flexibility index (Phi) is 6.41. The van der Waals surface area contributed by atoms with Gasteiger partial charge < -0.3 is 15.4 Å². The first-order valence-electron chi connectivity index (χ1n) is 6.15. The van der Waals surface area contributed by atoms with Crippen LogP contribution >= 0.6 is 12.4 Å². The van der Waals surface area contributed by atoms with Crippen molar-refractivity contribution in [2.24, 2.45) is 0 Å². The molecule has 0 saturated carbocycles. The lowest BCUT2D eigenvalue weighted by atomic mass is 10.2. The highest BCUT2D eigenvalue weighted by molar-refractivity contribution is 7.92. The van der Waals surface area contributed by atoms with Crippen molar-refractivity contribution < 1.29 is 17.9 Å². The molecule has 7 nitrogen and oxygen atoms in total. The topological polar surface area (TPSA) is 96.5 Å². The molecule has 0 bridgehead atoms. The van der Waals surface area contributed by atoms with Crippen molar-refractivity contribution >= 4 is 39.7 Å². The zero-order chi connectivity index (χ0) is 14.6. The first-order chi connectivity index (χ1) is 9.44. The number of benzene rings is 1. The lowest BCUT2D eigenvalue weighted by Gasteiger charge is -2.22. The molecule has 21 heavy (non-hydrogen) atoms. The Bertz CT molecular complexity index is 571. The maximum atomic E-state index is 11.9. The standard InChI is InChI=1S/C12H17N3O4S.ClH/c1-20(17,18)15-10-4-2-9(3-5-10)14-12(16)11-8-13-6-7-19-11;/h2-5,11,13,15H,6-8H2,1H3,(H,14,16);1H. The van der Waals surface area contributed by atoms with E-state index in [1.54, 1.807) is 24.3 Å². The molecule has 3 N–H and O–H groups in total. The summed E-state index contributed by atoms with van der Waals surface area (Å²) in [6.07, 6.45) is 0.577. The Balaban J connectivity index is 0.00000220. The van der Waals surface area contributed by atoms with E-state index in [-0.39, 0.29) is 18.3 Å². The minimum absolute atomic E-state index is 0. The predicted molar refractivity (Wildman–Crippen MR) is 83.4 cm³/mol. The first-order valence-corrected chi connectivity index (χ1v) is 8.04. The molecule has 1 aliphatic heterocycles. The van der Waals surface area contributed by atoms with Gasteiger partial charge in [0.2, 0.25) is 10.0 Å². The number of morpholine rings is 1. The lowest BCUT2D eigenvalue weighted by Crippen LogP contribution is -2.45. The second-order valence-corrected chi connectivity index (χ2v) is 6.25. The molecule has 1 aromatic rings. The Labute approximate surface area is 129 Å². The van der Waals surface area contributed by atoms with Crippen LogP contribution in [0, 0.1) is 0 Å². The van der Waals surface area contributed by atoms with Crippen LogP contribution in [0.4, 0.5) is 11.4 Å². The van der Waals surface area contributed by atoms with Crippen LogP contribution in [0.5, 0.6) is 0 Å². The molecule has 118 valence electrons. The zero-order valence-corrected chi connectivity index (χ0v) is 13.1. The fourth-order valence-corrected chi connectivity index (χ4v) is 2.36. The number of ether oxygens (including phenoxy) is 1. The lowest BCUT2D eigenvalue weighted by molar-refractivity contribution is -0.128. The smallest absolute Gasteiger partial charge is 0.254 e. The van der Waals surface area contributed by atoms with Gasteiger partial charge in [0.25, 0.3) is 5.91 Å². The summed E-state index contributed by atoms with van der Waals surface area (Å²) in [5.41, 5.74) is 1.03. The zero-order valence-electron chi connectivity index (χ0n) is 11.5. The number of rotatable bonds is 4. The first kappa shape index (κ1) is 17.7. The molecule has 2 rings (SSSR count). The van der Waals surface area contributed by atoms with Crippen LogP contribution in [0.25, 0.3) is 0 Å². The minimum atomic E-state index is -3.30. The van der Waals surface area contributed by atoms with Gasteiger partial charge in [-0.1, -0.05) is 0 Å². The van der Waals surface area contributed by atoms with Gasteiger partial charge >= 0.3 is 0 Å². The van der Waals surface area contributed by atoms with Gasteiger partial charge in [0.05, 0.1) is 12.9 Å². The third-order valence-electron chi connectivity index (χ3n) is 2.68. The summed E-state index contributed by atoms with van der Waals surface area (Å²) in [5, 5.41) is 5.79. The van der Waals surface area contributed by atoms with Crippen LogP contribution < -0.4 is 15.4 Å². The van der Waals surface area contributed by atoms with Crippen LogP contribution in [0.3, 0.4) is 0 Å². The molecule has 1 aromatic carbocycles. The van der Waals surface area contributed by atoms with Gasteiger partial charge in [0.1, 0.15) is 6.10 Å². The van der Waals surface area contributed by atoms with Crippen molar-refractivity contribution in [3.05, 3.63) is 24.3 Å².